The molecular weight excluding hydrogens is 576 g/mol. The zero-order valence-electron chi connectivity index (χ0n) is 25.2. The lowest BCUT2D eigenvalue weighted by atomic mass is 9.69. The minimum absolute atomic E-state index is 0.0367. The lowest BCUT2D eigenvalue weighted by Gasteiger charge is -2.41. The van der Waals surface area contributed by atoms with E-state index < -0.39 is 44.8 Å². The Morgan fingerprint density at radius 3 is 2.40 bits per heavy atom. The summed E-state index contributed by atoms with van der Waals surface area (Å²) in [4.78, 5) is 56.1. The number of amides is 3. The first-order valence-corrected chi connectivity index (χ1v) is 16.8. The molecule has 1 aromatic rings. The number of primary amides is 1. The second-order valence-electron chi connectivity index (χ2n) is 12.4. The van der Waals surface area contributed by atoms with E-state index in [0.717, 1.165) is 31.9 Å². The van der Waals surface area contributed by atoms with Crippen LogP contribution in [0.25, 0.3) is 0 Å². The van der Waals surface area contributed by atoms with Crippen molar-refractivity contribution in [2.24, 2.45) is 17.6 Å². The third kappa shape index (κ3) is 8.20. The van der Waals surface area contributed by atoms with Gasteiger partial charge in [0.25, 0.3) is 0 Å². The van der Waals surface area contributed by atoms with E-state index in [1.807, 2.05) is 4.90 Å². The number of hydrogen-bond donors (Lipinski definition) is 3. The number of carbonyl (C=O) groups excluding carboxylic acids is 4. The zero-order valence-corrected chi connectivity index (χ0v) is 26.0. The smallest absolute Gasteiger partial charge is 0.244 e. The molecule has 3 amide bonds. The molecule has 238 valence electrons. The number of epoxide rings is 1. The summed E-state index contributed by atoms with van der Waals surface area (Å²) in [5, 5.41) is 5.50. The van der Waals surface area contributed by atoms with Crippen LogP contribution in [0, 0.1) is 11.8 Å². The molecule has 0 radical (unpaired) electrons. The molecule has 13 heteroatoms. The molecule has 0 spiro atoms. The van der Waals surface area contributed by atoms with E-state index in [0.29, 0.717) is 38.3 Å². The minimum Gasteiger partial charge on any atom is -0.379 e. The molecule has 1 aromatic carbocycles. The van der Waals surface area contributed by atoms with Crippen molar-refractivity contribution in [3.05, 3.63) is 29.8 Å². The Bertz CT molecular complexity index is 1320. The Kier molecular flexibility index (Phi) is 10.3. The van der Waals surface area contributed by atoms with Crippen LogP contribution in [0.1, 0.15) is 51.5 Å². The highest BCUT2D eigenvalue weighted by Crippen LogP contribution is 2.41. The normalized spacial score (nSPS) is 24.0. The van der Waals surface area contributed by atoms with Crippen LogP contribution in [0.5, 0.6) is 0 Å². The quantitative estimate of drug-likeness (QED) is 0.248. The minimum atomic E-state index is -3.58. The average molecular weight is 621 g/mol. The Labute approximate surface area is 253 Å². The van der Waals surface area contributed by atoms with Crippen molar-refractivity contribution in [1.82, 2.24) is 15.5 Å². The summed E-state index contributed by atoms with van der Waals surface area (Å²) in [5.74, 6) is -3.20. The highest BCUT2D eigenvalue weighted by atomic mass is 32.2. The van der Waals surface area contributed by atoms with Gasteiger partial charge in [-0.2, -0.15) is 0 Å². The van der Waals surface area contributed by atoms with Crippen molar-refractivity contribution in [1.29, 1.82) is 0 Å². The summed E-state index contributed by atoms with van der Waals surface area (Å²) in [6.07, 6.45) is 4.92. The van der Waals surface area contributed by atoms with Crippen LogP contribution < -0.4 is 16.4 Å². The Balaban J connectivity index is 1.68. The first kappa shape index (κ1) is 33.0. The summed E-state index contributed by atoms with van der Waals surface area (Å²) in [6.45, 7) is 5.65. The van der Waals surface area contributed by atoms with Crippen molar-refractivity contribution in [3.8, 4) is 0 Å². The predicted octanol–water partition coefficient (Wildman–Crippen LogP) is 0.364. The summed E-state index contributed by atoms with van der Waals surface area (Å²) in [6, 6.07) is 5.00. The molecule has 2 heterocycles. The molecule has 3 fully saturated rings. The second kappa shape index (κ2) is 13.4. The van der Waals surface area contributed by atoms with Gasteiger partial charge in [-0.05, 0) is 43.9 Å². The number of ether oxygens (including phenoxy) is 2. The van der Waals surface area contributed by atoms with Gasteiger partial charge in [-0.15, -0.1) is 0 Å². The molecular formula is C30H44N4O8S. The molecule has 2 aliphatic heterocycles. The third-order valence-electron chi connectivity index (χ3n) is 8.89. The van der Waals surface area contributed by atoms with Gasteiger partial charge in [-0.3, -0.25) is 24.1 Å². The summed E-state index contributed by atoms with van der Waals surface area (Å²) < 4.78 is 35.5. The van der Waals surface area contributed by atoms with Gasteiger partial charge in [0.1, 0.15) is 17.2 Å². The van der Waals surface area contributed by atoms with Gasteiger partial charge in [-0.1, -0.05) is 37.8 Å². The van der Waals surface area contributed by atoms with E-state index in [9.17, 15) is 27.6 Å². The molecule has 0 aromatic heterocycles. The zero-order chi connectivity index (χ0) is 31.4. The molecule has 2 saturated heterocycles. The average Bonchev–Trinajstić information content (AvgIpc) is 3.49. The van der Waals surface area contributed by atoms with Gasteiger partial charge in [-0.25, -0.2) is 8.42 Å². The van der Waals surface area contributed by atoms with E-state index >= 15 is 0 Å². The maximum absolute atomic E-state index is 14.1. The summed E-state index contributed by atoms with van der Waals surface area (Å²) in [5.41, 5.74) is 3.52. The molecule has 1 saturated carbocycles. The lowest BCUT2D eigenvalue weighted by Crippen LogP contribution is -2.68. The maximum Gasteiger partial charge on any atom is 0.244 e. The van der Waals surface area contributed by atoms with E-state index in [4.69, 9.17) is 15.2 Å². The maximum atomic E-state index is 14.1. The molecule has 4 N–H and O–H groups in total. The van der Waals surface area contributed by atoms with Crippen molar-refractivity contribution in [3.63, 3.8) is 0 Å². The standard InChI is InChI=1S/C30H44N4O8S/c1-20(32-25(35)18-34-11-13-41-14-12-34)27(37)33-30(28(31)38,17-22-9-6-10-23(15-22)43(3,39)40)24(16-21-7-4-5-8-21)26(36)29(2)19-42-29/h6,9-10,15,20-21,24H,4-5,7-8,11-14,16-19H2,1-3H3,(H2,31,38)(H,32,35)(H,33,37)/t20-,24+,29+,30?/m0/s1. The molecule has 4 atom stereocenters. The number of nitrogens with one attached hydrogen (secondary N) is 2. The SMILES string of the molecule is C[C@H](NC(=O)CN1CCOCC1)C(=O)NC(Cc1cccc(S(C)(=O)=O)c1)(C(N)=O)[C@H](CC1CCCC1)C(=O)[C@@]1(C)CO1. The number of rotatable bonds is 14. The number of nitrogens with zero attached hydrogens (tertiary/aromatic N) is 1. The fraction of sp³-hybridized carbons (Fsp3) is 0.667. The molecule has 43 heavy (non-hydrogen) atoms. The van der Waals surface area contributed by atoms with E-state index in [-0.39, 0.29) is 42.1 Å². The number of Topliss-reactive ketones (excluding diaryl/α,β-unsaturated/α-hetero) is 1. The topological polar surface area (TPSA) is 178 Å². The van der Waals surface area contributed by atoms with E-state index in [1.165, 1.54) is 19.1 Å². The highest BCUT2D eigenvalue weighted by Gasteiger charge is 2.58. The largest absolute Gasteiger partial charge is 0.379 e. The van der Waals surface area contributed by atoms with Gasteiger partial charge in [0.05, 0.1) is 37.2 Å². The molecule has 3 aliphatic rings. The van der Waals surface area contributed by atoms with Gasteiger partial charge in [0, 0.05) is 25.8 Å². The molecule has 1 aliphatic carbocycles. The molecule has 12 nitrogen and oxygen atoms in total. The van der Waals surface area contributed by atoms with Crippen LogP contribution in [0.3, 0.4) is 0 Å². The fourth-order valence-electron chi connectivity index (χ4n) is 6.16. The van der Waals surface area contributed by atoms with Crippen molar-refractivity contribution >= 4 is 33.3 Å². The van der Waals surface area contributed by atoms with Gasteiger partial charge >= 0.3 is 0 Å². The number of ketones is 1. The van der Waals surface area contributed by atoms with E-state index in [1.54, 1.807) is 19.1 Å². The molecule has 0 bridgehead atoms. The van der Waals surface area contributed by atoms with Crippen LogP contribution >= 0.6 is 0 Å². The number of sulfone groups is 1. The van der Waals surface area contributed by atoms with Crippen LogP contribution in [0.2, 0.25) is 0 Å². The Morgan fingerprint density at radius 2 is 1.81 bits per heavy atom. The number of hydrogen-bond acceptors (Lipinski definition) is 9. The van der Waals surface area contributed by atoms with Crippen LogP contribution in [-0.4, -0.2) is 99.7 Å². The van der Waals surface area contributed by atoms with Gasteiger partial charge in [0.15, 0.2) is 15.6 Å². The second-order valence-corrected chi connectivity index (χ2v) is 14.4. The monoisotopic (exact) mass is 620 g/mol. The van der Waals surface area contributed by atoms with Crippen LogP contribution in [0.4, 0.5) is 0 Å². The predicted molar refractivity (Wildman–Crippen MR) is 158 cm³/mol. The Hall–Kier alpha value is -2.87. The number of benzene rings is 1. The van der Waals surface area contributed by atoms with Crippen LogP contribution in [0.15, 0.2) is 29.2 Å². The molecule has 1 unspecified atom stereocenters. The van der Waals surface area contributed by atoms with Crippen molar-refractivity contribution in [2.75, 3.05) is 45.7 Å². The fourth-order valence-corrected chi connectivity index (χ4v) is 6.85. The van der Waals surface area contributed by atoms with Crippen molar-refractivity contribution in [2.45, 2.75) is 74.4 Å². The first-order chi connectivity index (χ1) is 20.2. The third-order valence-corrected chi connectivity index (χ3v) is 10.0. The summed E-state index contributed by atoms with van der Waals surface area (Å²) in [7, 11) is -3.58. The molecule has 4 rings (SSSR count). The lowest BCUT2D eigenvalue weighted by molar-refractivity contribution is -0.142. The van der Waals surface area contributed by atoms with Crippen LogP contribution in [-0.2, 0) is 44.9 Å². The van der Waals surface area contributed by atoms with Crippen molar-refractivity contribution < 1.29 is 37.1 Å². The summed E-state index contributed by atoms with van der Waals surface area (Å²) >= 11 is 0. The first-order valence-electron chi connectivity index (χ1n) is 14.9. The number of carbonyl (C=O) groups is 4. The van der Waals surface area contributed by atoms with Gasteiger partial charge < -0.3 is 25.8 Å². The Morgan fingerprint density at radius 1 is 1.16 bits per heavy atom. The van der Waals surface area contributed by atoms with Gasteiger partial charge in [0.2, 0.25) is 17.7 Å². The number of morpholine rings is 1. The number of nitrogens with two attached hydrogens (primary N) is 1. The van der Waals surface area contributed by atoms with E-state index in [2.05, 4.69) is 10.6 Å². The highest BCUT2D eigenvalue weighted by molar-refractivity contribution is 7.90.